The van der Waals surface area contributed by atoms with Gasteiger partial charge in [0, 0.05) is 12.6 Å². The topological polar surface area (TPSA) is 49.4 Å². The molecular formula is C18H26N2O2S. The molecule has 1 atom stereocenters. The summed E-state index contributed by atoms with van der Waals surface area (Å²) in [6.45, 7) is 3.13. The number of hydrogen-bond donors (Lipinski definition) is 1. The second-order valence-corrected chi connectivity index (χ2v) is 8.37. The normalized spacial score (nSPS) is 23.9. The Morgan fingerprint density at radius 1 is 1.04 bits per heavy atom. The van der Waals surface area contributed by atoms with Crippen LogP contribution < -0.4 is 4.72 Å². The maximum atomic E-state index is 12.4. The summed E-state index contributed by atoms with van der Waals surface area (Å²) in [6, 6.07) is 8.70. The minimum absolute atomic E-state index is 0.0581. The van der Waals surface area contributed by atoms with E-state index in [4.69, 9.17) is 0 Å². The molecule has 1 aromatic rings. The molecule has 1 aliphatic heterocycles. The van der Waals surface area contributed by atoms with Crippen LogP contribution in [-0.4, -0.2) is 39.0 Å². The summed E-state index contributed by atoms with van der Waals surface area (Å²) in [5.41, 5.74) is 0. The molecule has 1 saturated heterocycles. The lowest BCUT2D eigenvalue weighted by molar-refractivity contribution is 0.174. The number of allylic oxidation sites excluding steroid dienone is 2. The fraction of sp³-hybridized carbons (Fsp3) is 0.556. The van der Waals surface area contributed by atoms with Crippen molar-refractivity contribution in [1.82, 2.24) is 9.62 Å². The van der Waals surface area contributed by atoms with Gasteiger partial charge in [-0.25, -0.2) is 13.1 Å². The van der Waals surface area contributed by atoms with Gasteiger partial charge < -0.3 is 4.90 Å². The second-order valence-electron chi connectivity index (χ2n) is 6.66. The maximum absolute atomic E-state index is 12.4. The van der Waals surface area contributed by atoms with Gasteiger partial charge in [-0.05, 0) is 63.2 Å². The fourth-order valence-electron chi connectivity index (χ4n) is 3.51. The monoisotopic (exact) mass is 334 g/mol. The zero-order chi connectivity index (χ0) is 16.1. The summed E-state index contributed by atoms with van der Waals surface area (Å²) in [6.07, 6.45) is 10.1. The minimum Gasteiger partial charge on any atom is -0.303 e. The first-order valence-corrected chi connectivity index (χ1v) is 10.1. The molecule has 1 N–H and O–H groups in total. The van der Waals surface area contributed by atoms with Crippen molar-refractivity contribution < 1.29 is 8.42 Å². The summed E-state index contributed by atoms with van der Waals surface area (Å²) in [5, 5.41) is 0. The van der Waals surface area contributed by atoms with Crippen molar-refractivity contribution in [3.8, 4) is 0 Å². The van der Waals surface area contributed by atoms with Crippen molar-refractivity contribution in [1.29, 1.82) is 0 Å². The highest BCUT2D eigenvalue weighted by Gasteiger charge is 2.25. The van der Waals surface area contributed by atoms with E-state index in [2.05, 4.69) is 21.8 Å². The maximum Gasteiger partial charge on any atom is 0.240 e. The van der Waals surface area contributed by atoms with E-state index in [1.54, 1.807) is 24.3 Å². The average Bonchev–Trinajstić information content (AvgIpc) is 2.58. The van der Waals surface area contributed by atoms with Gasteiger partial charge in [-0.3, -0.25) is 0 Å². The quantitative estimate of drug-likeness (QED) is 0.843. The second kappa shape index (κ2) is 7.60. The molecule has 126 valence electrons. The van der Waals surface area contributed by atoms with Crippen LogP contribution in [0.15, 0.2) is 47.4 Å². The molecule has 0 unspecified atom stereocenters. The minimum atomic E-state index is -3.38. The predicted octanol–water partition coefficient (Wildman–Crippen LogP) is 2.79. The van der Waals surface area contributed by atoms with Crippen LogP contribution in [0.1, 0.15) is 32.1 Å². The zero-order valence-corrected chi connectivity index (χ0v) is 14.3. The fourth-order valence-corrected chi connectivity index (χ4v) is 4.83. The molecule has 1 heterocycles. The van der Waals surface area contributed by atoms with E-state index in [0.29, 0.717) is 4.90 Å². The van der Waals surface area contributed by atoms with Gasteiger partial charge in [-0.1, -0.05) is 30.4 Å². The highest BCUT2D eigenvalue weighted by Crippen LogP contribution is 2.22. The van der Waals surface area contributed by atoms with Gasteiger partial charge in [0.15, 0.2) is 0 Å². The van der Waals surface area contributed by atoms with Crippen LogP contribution in [0.5, 0.6) is 0 Å². The molecule has 3 rings (SSSR count). The van der Waals surface area contributed by atoms with Crippen molar-refractivity contribution in [2.24, 2.45) is 5.92 Å². The Labute approximate surface area is 139 Å². The van der Waals surface area contributed by atoms with Crippen LogP contribution in [0.3, 0.4) is 0 Å². The molecule has 0 radical (unpaired) electrons. The number of likely N-dealkylation sites (tertiary alicyclic amines) is 1. The van der Waals surface area contributed by atoms with Gasteiger partial charge >= 0.3 is 0 Å². The first kappa shape index (κ1) is 16.7. The van der Waals surface area contributed by atoms with Crippen LogP contribution in [0.25, 0.3) is 0 Å². The smallest absolute Gasteiger partial charge is 0.240 e. The molecule has 5 heteroatoms. The lowest BCUT2D eigenvalue weighted by atomic mass is 9.93. The molecule has 0 saturated carbocycles. The molecule has 1 aliphatic carbocycles. The Kier molecular flexibility index (Phi) is 5.51. The van der Waals surface area contributed by atoms with Crippen molar-refractivity contribution in [2.45, 2.75) is 43.0 Å². The lowest BCUT2D eigenvalue weighted by Crippen LogP contribution is -2.45. The van der Waals surface area contributed by atoms with E-state index in [0.717, 1.165) is 38.4 Å². The summed E-state index contributed by atoms with van der Waals surface area (Å²) < 4.78 is 27.6. The van der Waals surface area contributed by atoms with E-state index >= 15 is 0 Å². The SMILES string of the molecule is O=S(=O)(NC1CCN(C[C@H]2CC=CCC2)CC1)c1ccccc1. The third-order valence-electron chi connectivity index (χ3n) is 4.86. The molecule has 0 aromatic heterocycles. The predicted molar refractivity (Wildman–Crippen MR) is 92.7 cm³/mol. The lowest BCUT2D eigenvalue weighted by Gasteiger charge is -2.34. The van der Waals surface area contributed by atoms with Gasteiger partial charge in [0.2, 0.25) is 10.0 Å². The Bertz CT molecular complexity index is 620. The molecule has 23 heavy (non-hydrogen) atoms. The number of rotatable bonds is 5. The van der Waals surface area contributed by atoms with E-state index in [1.165, 1.54) is 19.3 Å². The first-order chi connectivity index (χ1) is 11.1. The van der Waals surface area contributed by atoms with Gasteiger partial charge in [-0.2, -0.15) is 0 Å². The van der Waals surface area contributed by atoms with Crippen LogP contribution in [0.2, 0.25) is 0 Å². The average molecular weight is 334 g/mol. The van der Waals surface area contributed by atoms with Crippen molar-refractivity contribution in [2.75, 3.05) is 19.6 Å². The van der Waals surface area contributed by atoms with E-state index in [1.807, 2.05) is 6.07 Å². The molecule has 1 aromatic carbocycles. The molecule has 0 bridgehead atoms. The molecule has 0 amide bonds. The standard InChI is InChI=1S/C18H26N2O2S/c21-23(22,18-9-5-2-6-10-18)19-17-11-13-20(14-12-17)15-16-7-3-1-4-8-16/h1-3,5-6,9-10,16-17,19H,4,7-8,11-15H2/t16-/m0/s1. The summed E-state index contributed by atoms with van der Waals surface area (Å²) >= 11 is 0. The number of sulfonamides is 1. The van der Waals surface area contributed by atoms with Gasteiger partial charge in [-0.15, -0.1) is 0 Å². The zero-order valence-electron chi connectivity index (χ0n) is 13.5. The first-order valence-electron chi connectivity index (χ1n) is 8.58. The third kappa shape index (κ3) is 4.66. The van der Waals surface area contributed by atoms with Crippen LogP contribution >= 0.6 is 0 Å². The van der Waals surface area contributed by atoms with Crippen molar-refractivity contribution in [3.05, 3.63) is 42.5 Å². The van der Waals surface area contributed by atoms with Gasteiger partial charge in [0.1, 0.15) is 0 Å². The van der Waals surface area contributed by atoms with Crippen LogP contribution in [0.4, 0.5) is 0 Å². The molecule has 4 nitrogen and oxygen atoms in total. The highest BCUT2D eigenvalue weighted by atomic mass is 32.2. The molecule has 1 fully saturated rings. The van der Waals surface area contributed by atoms with E-state index in [9.17, 15) is 8.42 Å². The summed E-state index contributed by atoms with van der Waals surface area (Å²) in [5.74, 6) is 0.776. The highest BCUT2D eigenvalue weighted by molar-refractivity contribution is 7.89. The number of nitrogens with one attached hydrogen (secondary N) is 1. The van der Waals surface area contributed by atoms with Gasteiger partial charge in [0.05, 0.1) is 4.90 Å². The van der Waals surface area contributed by atoms with Crippen molar-refractivity contribution >= 4 is 10.0 Å². The van der Waals surface area contributed by atoms with E-state index < -0.39 is 10.0 Å². The number of piperidine rings is 1. The van der Waals surface area contributed by atoms with Gasteiger partial charge in [0.25, 0.3) is 0 Å². The number of benzene rings is 1. The van der Waals surface area contributed by atoms with E-state index in [-0.39, 0.29) is 6.04 Å². The Morgan fingerprint density at radius 2 is 1.78 bits per heavy atom. The molecule has 0 spiro atoms. The summed E-state index contributed by atoms with van der Waals surface area (Å²) in [4.78, 5) is 2.85. The number of nitrogens with zero attached hydrogens (tertiary/aromatic N) is 1. The van der Waals surface area contributed by atoms with Crippen LogP contribution in [-0.2, 0) is 10.0 Å². The summed E-state index contributed by atoms with van der Waals surface area (Å²) in [7, 11) is -3.38. The molecule has 2 aliphatic rings. The third-order valence-corrected chi connectivity index (χ3v) is 6.39. The number of hydrogen-bond acceptors (Lipinski definition) is 3. The largest absolute Gasteiger partial charge is 0.303 e. The Hall–Kier alpha value is -1.17. The Balaban J connectivity index is 1.48. The Morgan fingerprint density at radius 3 is 2.43 bits per heavy atom. The van der Waals surface area contributed by atoms with Crippen LogP contribution in [0, 0.1) is 5.92 Å². The molecular weight excluding hydrogens is 308 g/mol. The van der Waals surface area contributed by atoms with Crippen molar-refractivity contribution in [3.63, 3.8) is 0 Å².